The van der Waals surface area contributed by atoms with Crippen LogP contribution in [0.2, 0.25) is 0 Å². The van der Waals surface area contributed by atoms with Gasteiger partial charge in [-0.25, -0.2) is 8.42 Å². The topological polar surface area (TPSA) is 94.8 Å². The highest BCUT2D eigenvalue weighted by Gasteiger charge is 2.28. The lowest BCUT2D eigenvalue weighted by Gasteiger charge is -2.29. The van der Waals surface area contributed by atoms with Crippen molar-refractivity contribution >= 4 is 10.0 Å². The second-order valence-corrected chi connectivity index (χ2v) is 9.52. The van der Waals surface area contributed by atoms with Crippen LogP contribution in [0.3, 0.4) is 0 Å². The fourth-order valence-electron chi connectivity index (χ4n) is 3.40. The average molecular weight is 444 g/mol. The van der Waals surface area contributed by atoms with E-state index in [-0.39, 0.29) is 11.5 Å². The zero-order valence-electron chi connectivity index (χ0n) is 17.5. The molecule has 4 rings (SSSR count). The number of benzene rings is 2. The number of hydrogen-bond donors (Lipinski definition) is 0. The van der Waals surface area contributed by atoms with Gasteiger partial charge in [-0.3, -0.25) is 0 Å². The van der Waals surface area contributed by atoms with Crippen LogP contribution in [-0.4, -0.2) is 43.1 Å². The van der Waals surface area contributed by atoms with Crippen LogP contribution < -0.4 is 9.47 Å². The van der Waals surface area contributed by atoms with Crippen LogP contribution in [0.4, 0.5) is 0 Å². The Kier molecular flexibility index (Phi) is 6.24. The molecule has 1 fully saturated rings. The van der Waals surface area contributed by atoms with E-state index in [0.717, 1.165) is 18.6 Å². The number of methoxy groups -OCH3 is 1. The van der Waals surface area contributed by atoms with E-state index in [1.165, 1.54) is 0 Å². The molecule has 1 aromatic heterocycles. The van der Waals surface area contributed by atoms with Crippen LogP contribution in [0.25, 0.3) is 11.4 Å². The molecule has 9 heteroatoms. The molecule has 0 radical (unpaired) electrons. The van der Waals surface area contributed by atoms with E-state index in [1.807, 2.05) is 0 Å². The molecule has 0 aliphatic carbocycles. The molecule has 0 spiro atoms. The van der Waals surface area contributed by atoms with Gasteiger partial charge in [-0.1, -0.05) is 12.1 Å². The van der Waals surface area contributed by atoms with Crippen LogP contribution in [0, 0.1) is 5.92 Å². The van der Waals surface area contributed by atoms with Crippen LogP contribution in [-0.2, 0) is 16.6 Å². The van der Waals surface area contributed by atoms with Crippen molar-refractivity contribution in [3.63, 3.8) is 0 Å². The first-order valence-corrected chi connectivity index (χ1v) is 11.6. The lowest BCUT2D eigenvalue weighted by atomic mass is 10.0. The third kappa shape index (κ3) is 4.88. The number of rotatable bonds is 7. The molecule has 2 aromatic carbocycles. The van der Waals surface area contributed by atoms with E-state index in [2.05, 4.69) is 17.1 Å². The molecule has 1 aliphatic heterocycles. The lowest BCUT2D eigenvalue weighted by molar-refractivity contribution is 0.242. The van der Waals surface area contributed by atoms with E-state index in [0.29, 0.717) is 42.0 Å². The molecule has 0 N–H and O–H groups in total. The molecule has 0 bridgehead atoms. The molecule has 0 saturated carbocycles. The Morgan fingerprint density at radius 2 is 1.68 bits per heavy atom. The summed E-state index contributed by atoms with van der Waals surface area (Å²) >= 11 is 0. The van der Waals surface area contributed by atoms with Crippen molar-refractivity contribution < 1.29 is 22.4 Å². The molecular weight excluding hydrogens is 418 g/mol. The number of piperidine rings is 1. The van der Waals surface area contributed by atoms with Gasteiger partial charge < -0.3 is 14.0 Å². The van der Waals surface area contributed by atoms with Gasteiger partial charge in [0.2, 0.25) is 15.8 Å². The monoisotopic (exact) mass is 443 g/mol. The number of sulfonamides is 1. The highest BCUT2D eigenvalue weighted by molar-refractivity contribution is 7.89. The van der Waals surface area contributed by atoms with Crippen molar-refractivity contribution in [2.24, 2.45) is 5.92 Å². The Balaban J connectivity index is 1.40. The Hall–Kier alpha value is -2.91. The molecule has 3 aromatic rings. The van der Waals surface area contributed by atoms with Crippen LogP contribution in [0.1, 0.15) is 25.7 Å². The van der Waals surface area contributed by atoms with Crippen LogP contribution >= 0.6 is 0 Å². The molecule has 164 valence electrons. The summed E-state index contributed by atoms with van der Waals surface area (Å²) in [5.41, 5.74) is 0.672. The second kappa shape index (κ2) is 9.07. The number of aromatic nitrogens is 2. The van der Waals surface area contributed by atoms with Crippen molar-refractivity contribution in [3.05, 3.63) is 54.4 Å². The zero-order chi connectivity index (χ0) is 21.8. The minimum Gasteiger partial charge on any atom is -0.497 e. The summed E-state index contributed by atoms with van der Waals surface area (Å²) in [6.07, 6.45) is 1.78. The van der Waals surface area contributed by atoms with Gasteiger partial charge in [0.25, 0.3) is 5.89 Å². The maximum absolute atomic E-state index is 12.9. The van der Waals surface area contributed by atoms with Gasteiger partial charge in [-0.15, -0.1) is 0 Å². The third-order valence-corrected chi connectivity index (χ3v) is 7.30. The highest BCUT2D eigenvalue weighted by atomic mass is 32.2. The average Bonchev–Trinajstić information content (AvgIpc) is 3.27. The highest BCUT2D eigenvalue weighted by Crippen LogP contribution is 2.25. The van der Waals surface area contributed by atoms with E-state index >= 15 is 0 Å². The molecule has 2 heterocycles. The van der Waals surface area contributed by atoms with Crippen molar-refractivity contribution in [2.45, 2.75) is 31.3 Å². The van der Waals surface area contributed by atoms with E-state index < -0.39 is 10.0 Å². The first-order valence-electron chi connectivity index (χ1n) is 10.2. The van der Waals surface area contributed by atoms with Crippen molar-refractivity contribution in [1.82, 2.24) is 14.4 Å². The summed E-state index contributed by atoms with van der Waals surface area (Å²) in [6.45, 7) is 3.40. The maximum atomic E-state index is 12.9. The van der Waals surface area contributed by atoms with Crippen molar-refractivity contribution in [2.75, 3.05) is 20.2 Å². The standard InChI is InChI=1S/C22H25N3O5S/c1-16-11-13-25(14-12-16)31(26,27)20-9-3-17(4-10-20)22-23-21(30-24-22)15-29-19-7-5-18(28-2)6-8-19/h3-10,16H,11-15H2,1-2H3. The maximum Gasteiger partial charge on any atom is 0.264 e. The second-order valence-electron chi connectivity index (χ2n) is 7.59. The lowest BCUT2D eigenvalue weighted by Crippen LogP contribution is -2.37. The molecule has 31 heavy (non-hydrogen) atoms. The Morgan fingerprint density at radius 1 is 1.03 bits per heavy atom. The number of nitrogens with zero attached hydrogens (tertiary/aromatic N) is 3. The Bertz CT molecular complexity index is 1100. The van der Waals surface area contributed by atoms with Gasteiger partial charge in [0, 0.05) is 18.7 Å². The smallest absolute Gasteiger partial charge is 0.264 e. The molecule has 0 amide bonds. The molecule has 1 saturated heterocycles. The predicted octanol–water partition coefficient (Wildman–Crippen LogP) is 3.74. The fourth-order valence-corrected chi connectivity index (χ4v) is 4.87. The predicted molar refractivity (Wildman–Crippen MR) is 114 cm³/mol. The molecule has 0 atom stereocenters. The summed E-state index contributed by atoms with van der Waals surface area (Å²) in [4.78, 5) is 4.61. The summed E-state index contributed by atoms with van der Waals surface area (Å²) in [5, 5.41) is 3.97. The number of ether oxygens (including phenoxy) is 2. The van der Waals surface area contributed by atoms with Crippen LogP contribution in [0.5, 0.6) is 11.5 Å². The summed E-state index contributed by atoms with van der Waals surface area (Å²) in [7, 11) is -1.88. The molecule has 0 unspecified atom stereocenters. The van der Waals surface area contributed by atoms with Crippen molar-refractivity contribution in [1.29, 1.82) is 0 Å². The minimum absolute atomic E-state index is 0.124. The fraction of sp³-hybridized carbons (Fsp3) is 0.364. The Labute approximate surface area is 181 Å². The van der Waals surface area contributed by atoms with Gasteiger partial charge in [0.05, 0.1) is 12.0 Å². The van der Waals surface area contributed by atoms with Gasteiger partial charge in [0.15, 0.2) is 6.61 Å². The van der Waals surface area contributed by atoms with Gasteiger partial charge in [-0.2, -0.15) is 9.29 Å². The van der Waals surface area contributed by atoms with Gasteiger partial charge in [-0.05, 0) is 67.3 Å². The zero-order valence-corrected chi connectivity index (χ0v) is 18.3. The Morgan fingerprint density at radius 3 is 2.32 bits per heavy atom. The summed E-state index contributed by atoms with van der Waals surface area (Å²) in [6, 6.07) is 13.7. The van der Waals surface area contributed by atoms with Gasteiger partial charge >= 0.3 is 0 Å². The molecule has 1 aliphatic rings. The first-order chi connectivity index (χ1) is 15.0. The SMILES string of the molecule is COc1ccc(OCc2nc(-c3ccc(S(=O)(=O)N4CCC(C)CC4)cc3)no2)cc1. The molecular formula is C22H25N3O5S. The quantitative estimate of drug-likeness (QED) is 0.549. The summed E-state index contributed by atoms with van der Waals surface area (Å²) < 4.78 is 43.3. The minimum atomic E-state index is -3.48. The van der Waals surface area contributed by atoms with Crippen LogP contribution in [0.15, 0.2) is 57.9 Å². The first kappa shape index (κ1) is 21.3. The normalized spacial score (nSPS) is 15.7. The summed E-state index contributed by atoms with van der Waals surface area (Å²) in [5.74, 6) is 2.67. The van der Waals surface area contributed by atoms with E-state index in [9.17, 15) is 8.42 Å². The number of hydrogen-bond acceptors (Lipinski definition) is 7. The van der Waals surface area contributed by atoms with Crippen molar-refractivity contribution in [3.8, 4) is 22.9 Å². The van der Waals surface area contributed by atoms with E-state index in [4.69, 9.17) is 14.0 Å². The third-order valence-electron chi connectivity index (χ3n) is 5.38. The largest absolute Gasteiger partial charge is 0.497 e. The molecule has 8 nitrogen and oxygen atoms in total. The van der Waals surface area contributed by atoms with Gasteiger partial charge in [0.1, 0.15) is 11.5 Å². The van der Waals surface area contributed by atoms with E-state index in [1.54, 1.807) is 59.9 Å².